The van der Waals surface area contributed by atoms with Gasteiger partial charge in [0.1, 0.15) is 0 Å². The van der Waals surface area contributed by atoms with Gasteiger partial charge in [-0.1, -0.05) is 6.08 Å². The monoisotopic (exact) mass is 193 g/mol. The Morgan fingerprint density at radius 2 is 2.50 bits per heavy atom. The van der Waals surface area contributed by atoms with Crippen molar-refractivity contribution in [3.8, 4) is 0 Å². The van der Waals surface area contributed by atoms with Gasteiger partial charge >= 0.3 is 5.97 Å². The van der Waals surface area contributed by atoms with Gasteiger partial charge in [0.2, 0.25) is 0 Å². The Morgan fingerprint density at radius 1 is 1.64 bits per heavy atom. The predicted octanol–water partition coefficient (Wildman–Crippen LogP) is 1.37. The van der Waals surface area contributed by atoms with Crippen LogP contribution in [0.2, 0.25) is 0 Å². The normalized spacial score (nSPS) is 25.4. The zero-order valence-corrected chi connectivity index (χ0v) is 8.38. The number of carbonyl (C=O) groups excluding carboxylic acids is 1. The molecule has 0 spiro atoms. The Labute approximate surface area is 83.8 Å². The first-order valence-corrected chi connectivity index (χ1v) is 5.01. The van der Waals surface area contributed by atoms with Crippen molar-refractivity contribution >= 4 is 5.97 Å². The highest BCUT2D eigenvalue weighted by molar-refractivity contribution is 5.73. The molecule has 1 heterocycles. The average Bonchev–Trinajstić information content (AvgIpc) is 2.27. The highest BCUT2D eigenvalue weighted by Crippen LogP contribution is 2.27. The van der Waals surface area contributed by atoms with Crippen LogP contribution in [0, 0.1) is 5.92 Å². The summed E-state index contributed by atoms with van der Waals surface area (Å²) in [6.45, 7) is 0.704. The molecule has 1 unspecified atom stereocenters. The lowest BCUT2D eigenvalue weighted by Gasteiger charge is -2.27. The predicted molar refractivity (Wildman–Crippen MR) is 53.5 cm³/mol. The summed E-state index contributed by atoms with van der Waals surface area (Å²) in [7, 11) is 1.45. The van der Waals surface area contributed by atoms with E-state index < -0.39 is 0 Å². The van der Waals surface area contributed by atoms with E-state index >= 15 is 0 Å². The van der Waals surface area contributed by atoms with Crippen molar-refractivity contribution in [1.82, 2.24) is 5.32 Å². The maximum absolute atomic E-state index is 11.3. The van der Waals surface area contributed by atoms with E-state index in [0.717, 1.165) is 19.3 Å². The largest absolute Gasteiger partial charge is 0.469 e. The molecule has 1 aliphatic heterocycles. The fourth-order valence-corrected chi connectivity index (χ4v) is 2.04. The second-order valence-electron chi connectivity index (χ2n) is 3.76. The van der Waals surface area contributed by atoms with Gasteiger partial charge in [0, 0.05) is 12.2 Å². The lowest BCUT2D eigenvalue weighted by Crippen LogP contribution is -2.34. The summed E-state index contributed by atoms with van der Waals surface area (Å²) in [5.41, 5.74) is 2.59. The highest BCUT2D eigenvalue weighted by atomic mass is 16.5. The first-order valence-electron chi connectivity index (χ1n) is 5.01. The molecule has 2 aliphatic rings. The number of hydrogen-bond donors (Lipinski definition) is 1. The van der Waals surface area contributed by atoms with Gasteiger partial charge in [0.15, 0.2) is 0 Å². The van der Waals surface area contributed by atoms with E-state index in [2.05, 4.69) is 17.5 Å². The van der Waals surface area contributed by atoms with Gasteiger partial charge < -0.3 is 10.1 Å². The maximum Gasteiger partial charge on any atom is 0.310 e. The lowest BCUT2D eigenvalue weighted by atomic mass is 9.89. The van der Waals surface area contributed by atoms with E-state index in [1.54, 1.807) is 0 Å². The van der Waals surface area contributed by atoms with E-state index in [-0.39, 0.29) is 11.9 Å². The van der Waals surface area contributed by atoms with Crippen LogP contribution >= 0.6 is 0 Å². The van der Waals surface area contributed by atoms with Gasteiger partial charge in [0.05, 0.1) is 13.0 Å². The van der Waals surface area contributed by atoms with E-state index in [1.165, 1.54) is 18.4 Å². The fraction of sp³-hybridized carbons (Fsp3) is 0.545. The van der Waals surface area contributed by atoms with Crippen LogP contribution in [0.3, 0.4) is 0 Å². The number of allylic oxidation sites excluding steroid dienone is 3. The van der Waals surface area contributed by atoms with Crippen LogP contribution in [0.15, 0.2) is 23.4 Å². The number of rotatable bonds is 1. The Balaban J connectivity index is 2.08. The molecule has 14 heavy (non-hydrogen) atoms. The molecule has 0 amide bonds. The van der Waals surface area contributed by atoms with Crippen LogP contribution in [0.25, 0.3) is 0 Å². The second kappa shape index (κ2) is 3.86. The Hall–Kier alpha value is -1.25. The molecule has 0 saturated heterocycles. The van der Waals surface area contributed by atoms with E-state index in [4.69, 9.17) is 4.74 Å². The highest BCUT2D eigenvalue weighted by Gasteiger charge is 2.26. The third-order valence-electron chi connectivity index (χ3n) is 2.84. The van der Waals surface area contributed by atoms with Crippen molar-refractivity contribution in [3.05, 3.63) is 23.4 Å². The molecule has 3 nitrogen and oxygen atoms in total. The van der Waals surface area contributed by atoms with Gasteiger partial charge in [-0.3, -0.25) is 4.79 Å². The number of nitrogens with one attached hydrogen (secondary N) is 1. The minimum atomic E-state index is -0.0985. The van der Waals surface area contributed by atoms with Crippen molar-refractivity contribution in [2.45, 2.75) is 19.3 Å². The Bertz CT molecular complexity index is 304. The summed E-state index contributed by atoms with van der Waals surface area (Å²) in [4.78, 5) is 11.3. The van der Waals surface area contributed by atoms with Crippen LogP contribution in [0.1, 0.15) is 19.3 Å². The molecular weight excluding hydrogens is 178 g/mol. The lowest BCUT2D eigenvalue weighted by molar-refractivity contribution is -0.145. The molecule has 1 atom stereocenters. The average molecular weight is 193 g/mol. The summed E-state index contributed by atoms with van der Waals surface area (Å²) in [5, 5.41) is 3.28. The van der Waals surface area contributed by atoms with Crippen LogP contribution < -0.4 is 5.32 Å². The molecule has 0 bridgehead atoms. The van der Waals surface area contributed by atoms with Crippen molar-refractivity contribution in [3.63, 3.8) is 0 Å². The number of hydrogen-bond acceptors (Lipinski definition) is 3. The number of ether oxygens (including phenoxy) is 1. The number of methoxy groups -OCH3 is 1. The van der Waals surface area contributed by atoms with Crippen molar-refractivity contribution < 1.29 is 9.53 Å². The first kappa shape index (κ1) is 9.31. The molecular formula is C11H15NO2. The van der Waals surface area contributed by atoms with E-state index in [1.807, 2.05) is 0 Å². The van der Waals surface area contributed by atoms with Gasteiger partial charge in [-0.25, -0.2) is 0 Å². The first-order chi connectivity index (χ1) is 6.81. The quantitative estimate of drug-likeness (QED) is 0.639. The second-order valence-corrected chi connectivity index (χ2v) is 3.76. The molecule has 0 aromatic heterocycles. The van der Waals surface area contributed by atoms with Gasteiger partial charge in [-0.2, -0.15) is 0 Å². The Kier molecular flexibility index (Phi) is 2.57. The Morgan fingerprint density at radius 3 is 3.29 bits per heavy atom. The summed E-state index contributed by atoms with van der Waals surface area (Å²) in [6.07, 6.45) is 7.32. The maximum atomic E-state index is 11.3. The third-order valence-corrected chi connectivity index (χ3v) is 2.84. The van der Waals surface area contributed by atoms with E-state index in [9.17, 15) is 4.79 Å². The molecule has 0 aromatic carbocycles. The topological polar surface area (TPSA) is 38.3 Å². The number of carbonyl (C=O) groups is 1. The van der Waals surface area contributed by atoms with Crippen LogP contribution in [0.5, 0.6) is 0 Å². The van der Waals surface area contributed by atoms with Gasteiger partial charge in [-0.15, -0.1) is 0 Å². The summed E-state index contributed by atoms with van der Waals surface area (Å²) < 4.78 is 4.75. The molecule has 3 heteroatoms. The molecule has 0 aromatic rings. The summed E-state index contributed by atoms with van der Waals surface area (Å²) >= 11 is 0. The number of esters is 1. The fourth-order valence-electron chi connectivity index (χ4n) is 2.04. The zero-order chi connectivity index (χ0) is 9.97. The van der Waals surface area contributed by atoms with Gasteiger partial charge in [-0.05, 0) is 30.9 Å². The molecule has 1 aliphatic carbocycles. The van der Waals surface area contributed by atoms with Crippen molar-refractivity contribution in [2.75, 3.05) is 13.7 Å². The van der Waals surface area contributed by atoms with Crippen LogP contribution in [0.4, 0.5) is 0 Å². The summed E-state index contributed by atoms with van der Waals surface area (Å²) in [6, 6.07) is 0. The third kappa shape index (κ3) is 1.67. The smallest absolute Gasteiger partial charge is 0.310 e. The molecule has 1 N–H and O–H groups in total. The molecule has 76 valence electrons. The molecule has 2 rings (SSSR count). The van der Waals surface area contributed by atoms with Crippen molar-refractivity contribution in [1.29, 1.82) is 0 Å². The standard InChI is InChI=1S/C11H15NO2/c1-14-11(13)9-6-8-4-2-3-5-10(8)12-7-9/h3,5,9,12H,2,4,6-7H2,1H3. The minimum absolute atomic E-state index is 0.00486. The SMILES string of the molecule is COC(=O)C1CNC2=C(CCC=C2)C1. The molecule has 0 saturated carbocycles. The molecule has 0 fully saturated rings. The van der Waals surface area contributed by atoms with Gasteiger partial charge in [0.25, 0.3) is 0 Å². The van der Waals surface area contributed by atoms with Crippen molar-refractivity contribution in [2.24, 2.45) is 5.92 Å². The summed E-state index contributed by atoms with van der Waals surface area (Å²) in [5.74, 6) is -0.0937. The minimum Gasteiger partial charge on any atom is -0.469 e. The van der Waals surface area contributed by atoms with Crippen LogP contribution in [-0.4, -0.2) is 19.6 Å². The van der Waals surface area contributed by atoms with E-state index in [0.29, 0.717) is 6.54 Å². The van der Waals surface area contributed by atoms with Crippen LogP contribution in [-0.2, 0) is 9.53 Å². The molecule has 0 radical (unpaired) electrons. The zero-order valence-electron chi connectivity index (χ0n) is 8.38.